The fourth-order valence-corrected chi connectivity index (χ4v) is 2.40. The normalized spacial score (nSPS) is 11.5. The molecule has 0 spiro atoms. The van der Waals surface area contributed by atoms with Gasteiger partial charge in [0.05, 0.1) is 18.9 Å². The maximum Gasteiger partial charge on any atom is 0.417 e. The van der Waals surface area contributed by atoms with Crippen molar-refractivity contribution >= 4 is 18.0 Å². The Kier molecular flexibility index (Phi) is 6.43. The van der Waals surface area contributed by atoms with E-state index in [2.05, 4.69) is 15.5 Å². The second kappa shape index (κ2) is 9.20. The van der Waals surface area contributed by atoms with Gasteiger partial charge in [0, 0.05) is 6.20 Å². The van der Waals surface area contributed by atoms with Crippen LogP contribution in [0.1, 0.15) is 27.4 Å². The highest BCUT2D eigenvalue weighted by atomic mass is 19.4. The maximum absolute atomic E-state index is 12.5. The summed E-state index contributed by atoms with van der Waals surface area (Å²) in [6.07, 6.45) is -2.31. The third-order valence-corrected chi connectivity index (χ3v) is 3.91. The van der Waals surface area contributed by atoms with Crippen LogP contribution in [-0.2, 0) is 12.8 Å². The molecule has 2 aromatic heterocycles. The average Bonchev–Trinajstić information content (AvgIpc) is 3.22. The summed E-state index contributed by atoms with van der Waals surface area (Å²) >= 11 is 0. The molecule has 0 aliphatic carbocycles. The van der Waals surface area contributed by atoms with Crippen LogP contribution in [0.15, 0.2) is 58.2 Å². The molecule has 0 fully saturated rings. The summed E-state index contributed by atoms with van der Waals surface area (Å²) in [5.74, 6) is -0.0969. The van der Waals surface area contributed by atoms with Gasteiger partial charge in [-0.3, -0.25) is 5.43 Å². The second-order valence-electron chi connectivity index (χ2n) is 6.07. The molecule has 1 aromatic carbocycles. The number of carbonyl (C=O) groups is 1. The molecule has 0 saturated heterocycles. The molecule has 31 heavy (non-hydrogen) atoms. The Labute approximate surface area is 173 Å². The number of aromatic nitrogens is 1. The third-order valence-electron chi connectivity index (χ3n) is 3.91. The number of pyridine rings is 1. The molecule has 0 atom stereocenters. The van der Waals surface area contributed by atoms with Gasteiger partial charge in [-0.05, 0) is 48.0 Å². The number of benzene rings is 1. The van der Waals surface area contributed by atoms with Gasteiger partial charge in [-0.25, -0.2) is 9.78 Å². The van der Waals surface area contributed by atoms with Gasteiger partial charge >= 0.3 is 12.1 Å². The predicted molar refractivity (Wildman–Crippen MR) is 103 cm³/mol. The number of hydrazone groups is 1. The number of hydrogen-bond donors (Lipinski definition) is 2. The largest absolute Gasteiger partial charge is 0.493 e. The first kappa shape index (κ1) is 21.7. The van der Waals surface area contributed by atoms with E-state index in [9.17, 15) is 18.0 Å². The van der Waals surface area contributed by atoms with E-state index in [1.165, 1.54) is 31.5 Å². The van der Waals surface area contributed by atoms with Gasteiger partial charge in [0.1, 0.15) is 18.2 Å². The Hall–Kier alpha value is -4.02. The number of nitrogens with one attached hydrogen (secondary N) is 1. The topological polar surface area (TPSA) is 106 Å². The number of ether oxygens (including phenoxy) is 2. The number of anilines is 1. The Balaban J connectivity index is 1.61. The molecular formula is C20H16F3N3O5. The van der Waals surface area contributed by atoms with Gasteiger partial charge in [-0.1, -0.05) is 0 Å². The minimum absolute atomic E-state index is 0.00176. The minimum Gasteiger partial charge on any atom is -0.493 e. The van der Waals surface area contributed by atoms with E-state index < -0.39 is 17.7 Å². The van der Waals surface area contributed by atoms with Crippen molar-refractivity contribution in [2.24, 2.45) is 5.10 Å². The van der Waals surface area contributed by atoms with Crippen molar-refractivity contribution < 1.29 is 37.0 Å². The minimum atomic E-state index is -4.45. The molecule has 0 saturated carbocycles. The van der Waals surface area contributed by atoms with E-state index in [1.54, 1.807) is 18.2 Å². The quantitative estimate of drug-likeness (QED) is 0.398. The Morgan fingerprint density at radius 3 is 2.65 bits per heavy atom. The van der Waals surface area contributed by atoms with Gasteiger partial charge in [-0.15, -0.1) is 0 Å². The van der Waals surface area contributed by atoms with Crippen molar-refractivity contribution in [3.05, 3.63) is 71.3 Å². The van der Waals surface area contributed by atoms with Crippen molar-refractivity contribution in [1.82, 2.24) is 4.98 Å². The molecule has 8 nitrogen and oxygen atoms in total. The van der Waals surface area contributed by atoms with Crippen molar-refractivity contribution in [2.45, 2.75) is 12.8 Å². The number of methoxy groups -OCH3 is 1. The monoisotopic (exact) mass is 435 g/mol. The number of alkyl halides is 3. The zero-order chi connectivity index (χ0) is 22.4. The van der Waals surface area contributed by atoms with E-state index in [0.29, 0.717) is 29.0 Å². The average molecular weight is 435 g/mol. The molecule has 2 N–H and O–H groups in total. The Morgan fingerprint density at radius 2 is 2.03 bits per heavy atom. The lowest BCUT2D eigenvalue weighted by molar-refractivity contribution is -0.137. The number of rotatable bonds is 8. The number of furan rings is 1. The highest BCUT2D eigenvalue weighted by Gasteiger charge is 2.30. The molecular weight excluding hydrogens is 419 g/mol. The predicted octanol–water partition coefficient (Wildman–Crippen LogP) is 4.43. The number of halogens is 3. The van der Waals surface area contributed by atoms with Crippen molar-refractivity contribution in [2.75, 3.05) is 12.5 Å². The Morgan fingerprint density at radius 1 is 1.23 bits per heavy atom. The smallest absolute Gasteiger partial charge is 0.417 e. The SMILES string of the molecule is COc1cc(/C=N/Nc2ccc(C(F)(F)F)cn2)ccc1OCc1ccc(C(=O)O)o1. The van der Waals surface area contributed by atoms with Gasteiger partial charge in [0.15, 0.2) is 11.5 Å². The van der Waals surface area contributed by atoms with Crippen LogP contribution in [0.3, 0.4) is 0 Å². The van der Waals surface area contributed by atoms with E-state index in [1.807, 2.05) is 0 Å². The summed E-state index contributed by atoms with van der Waals surface area (Å²) < 4.78 is 53.6. The molecule has 0 aliphatic rings. The summed E-state index contributed by atoms with van der Waals surface area (Å²) in [4.78, 5) is 14.5. The number of carboxylic acids is 1. The fourth-order valence-electron chi connectivity index (χ4n) is 2.40. The molecule has 3 rings (SSSR count). The van der Waals surface area contributed by atoms with E-state index in [-0.39, 0.29) is 18.2 Å². The molecule has 162 valence electrons. The van der Waals surface area contributed by atoms with Gasteiger partial charge in [0.2, 0.25) is 5.76 Å². The summed E-state index contributed by atoms with van der Waals surface area (Å²) in [5.41, 5.74) is 2.31. The lowest BCUT2D eigenvalue weighted by Crippen LogP contribution is -2.05. The molecule has 0 amide bonds. The fraction of sp³-hybridized carbons (Fsp3) is 0.150. The van der Waals surface area contributed by atoms with E-state index in [4.69, 9.17) is 19.0 Å². The van der Waals surface area contributed by atoms with Crippen LogP contribution < -0.4 is 14.9 Å². The summed E-state index contributed by atoms with van der Waals surface area (Å²) in [7, 11) is 1.45. The second-order valence-corrected chi connectivity index (χ2v) is 6.07. The third kappa shape index (κ3) is 5.75. The lowest BCUT2D eigenvalue weighted by atomic mass is 10.2. The number of carboxylic acid groups (broad SMARTS) is 1. The Bertz CT molecular complexity index is 1080. The van der Waals surface area contributed by atoms with Crippen LogP contribution in [0.5, 0.6) is 11.5 Å². The standard InChI is InChI=1S/C20H16F3N3O5/c1-29-17-8-12(9-25-26-18-7-3-13(10-24-18)20(21,22)23)2-5-15(17)30-11-14-4-6-16(31-14)19(27)28/h2-10H,11H2,1H3,(H,24,26)(H,27,28)/b25-9+. The first-order chi connectivity index (χ1) is 14.8. The van der Waals surface area contributed by atoms with Gasteiger partial charge in [0.25, 0.3) is 0 Å². The highest BCUT2D eigenvalue weighted by Crippen LogP contribution is 2.29. The van der Waals surface area contributed by atoms with Crippen LogP contribution in [0, 0.1) is 0 Å². The van der Waals surface area contributed by atoms with Crippen molar-refractivity contribution in [3.8, 4) is 11.5 Å². The number of hydrogen-bond acceptors (Lipinski definition) is 7. The first-order valence-electron chi connectivity index (χ1n) is 8.71. The first-order valence-corrected chi connectivity index (χ1v) is 8.71. The van der Waals surface area contributed by atoms with Crippen LogP contribution in [0.2, 0.25) is 0 Å². The van der Waals surface area contributed by atoms with Gasteiger partial charge < -0.3 is 19.0 Å². The maximum atomic E-state index is 12.5. The molecule has 0 radical (unpaired) electrons. The van der Waals surface area contributed by atoms with Gasteiger partial charge in [-0.2, -0.15) is 18.3 Å². The highest BCUT2D eigenvalue weighted by molar-refractivity contribution is 5.84. The molecule has 3 aromatic rings. The number of aromatic carboxylic acids is 1. The van der Waals surface area contributed by atoms with Crippen LogP contribution in [-0.4, -0.2) is 29.4 Å². The summed E-state index contributed by atoms with van der Waals surface area (Å²) in [6, 6.07) is 9.83. The van der Waals surface area contributed by atoms with Crippen LogP contribution in [0.4, 0.5) is 19.0 Å². The van der Waals surface area contributed by atoms with Crippen molar-refractivity contribution in [3.63, 3.8) is 0 Å². The zero-order valence-corrected chi connectivity index (χ0v) is 16.0. The summed E-state index contributed by atoms with van der Waals surface area (Å²) in [5, 5.41) is 12.8. The summed E-state index contributed by atoms with van der Waals surface area (Å²) in [6.45, 7) is -0.00176. The molecule has 0 bridgehead atoms. The molecule has 2 heterocycles. The van der Waals surface area contributed by atoms with E-state index in [0.717, 1.165) is 6.07 Å². The van der Waals surface area contributed by atoms with Crippen molar-refractivity contribution in [1.29, 1.82) is 0 Å². The zero-order valence-electron chi connectivity index (χ0n) is 16.0. The molecule has 11 heteroatoms. The van der Waals surface area contributed by atoms with Crippen LogP contribution in [0.25, 0.3) is 0 Å². The van der Waals surface area contributed by atoms with E-state index >= 15 is 0 Å². The number of nitrogens with zero attached hydrogens (tertiary/aromatic N) is 2. The lowest BCUT2D eigenvalue weighted by Gasteiger charge is -2.10. The van der Waals surface area contributed by atoms with Crippen LogP contribution >= 0.6 is 0 Å². The molecule has 0 unspecified atom stereocenters. The molecule has 0 aliphatic heterocycles.